The molecule has 1 aromatic rings. The second-order valence-electron chi connectivity index (χ2n) is 6.32. The van der Waals surface area contributed by atoms with E-state index in [9.17, 15) is 4.79 Å². The predicted octanol–water partition coefficient (Wildman–Crippen LogP) is 3.11. The lowest BCUT2D eigenvalue weighted by molar-refractivity contribution is -0.135. The monoisotopic (exact) mass is 308 g/mol. The van der Waals surface area contributed by atoms with Crippen LogP contribution in [-0.4, -0.2) is 39.6 Å². The number of piperidine rings is 1. The molecule has 2 fully saturated rings. The summed E-state index contributed by atoms with van der Waals surface area (Å²) in [6, 6.07) is 0.969. The number of fused-ring (bicyclic) bond motifs is 2. The largest absolute Gasteiger partial charge is 0.361 e. The van der Waals surface area contributed by atoms with Gasteiger partial charge >= 0.3 is 0 Å². The molecular formula is C16H24N2O2S. The van der Waals surface area contributed by atoms with E-state index in [4.69, 9.17) is 4.52 Å². The van der Waals surface area contributed by atoms with Crippen molar-refractivity contribution in [2.75, 3.05) is 6.26 Å². The molecule has 4 nitrogen and oxygen atoms in total. The van der Waals surface area contributed by atoms with Crippen molar-refractivity contribution in [3.63, 3.8) is 0 Å². The third-order valence-corrected chi connectivity index (χ3v) is 6.13. The standard InChI is InChI=1S/C16H24N2O2S/c1-10-15(11(2)20-17-10)6-7-16(19)18-12-4-5-13(18)9-14(8-12)21-3/h12-14H,4-9H2,1-3H3. The molecule has 2 unspecified atom stereocenters. The van der Waals surface area contributed by atoms with E-state index in [-0.39, 0.29) is 0 Å². The number of hydrogen-bond acceptors (Lipinski definition) is 4. The van der Waals surface area contributed by atoms with Crippen LogP contribution in [-0.2, 0) is 11.2 Å². The third kappa shape index (κ3) is 2.85. The van der Waals surface area contributed by atoms with Gasteiger partial charge in [0.1, 0.15) is 5.76 Å². The van der Waals surface area contributed by atoms with Crippen LogP contribution in [0.5, 0.6) is 0 Å². The van der Waals surface area contributed by atoms with E-state index < -0.39 is 0 Å². The zero-order valence-corrected chi connectivity index (χ0v) is 13.9. The van der Waals surface area contributed by atoms with Gasteiger partial charge in [-0.15, -0.1) is 0 Å². The normalized spacial score (nSPS) is 28.1. The molecule has 3 rings (SSSR count). The number of thioether (sulfide) groups is 1. The summed E-state index contributed by atoms with van der Waals surface area (Å²) in [5.41, 5.74) is 2.03. The van der Waals surface area contributed by atoms with E-state index in [0.717, 1.165) is 28.7 Å². The van der Waals surface area contributed by atoms with E-state index in [2.05, 4.69) is 16.3 Å². The van der Waals surface area contributed by atoms with Gasteiger partial charge in [0.15, 0.2) is 0 Å². The summed E-state index contributed by atoms with van der Waals surface area (Å²) in [4.78, 5) is 14.8. The highest BCUT2D eigenvalue weighted by Gasteiger charge is 2.42. The maximum atomic E-state index is 12.6. The second-order valence-corrected chi connectivity index (χ2v) is 7.46. The van der Waals surface area contributed by atoms with Crippen LogP contribution in [0.4, 0.5) is 0 Å². The van der Waals surface area contributed by atoms with Crippen LogP contribution in [0.1, 0.15) is 49.1 Å². The van der Waals surface area contributed by atoms with Crippen LogP contribution in [0.15, 0.2) is 4.52 Å². The Morgan fingerprint density at radius 2 is 2.00 bits per heavy atom. The molecule has 2 aliphatic rings. The Hall–Kier alpha value is -0.970. The molecule has 0 N–H and O–H groups in total. The first kappa shape index (κ1) is 14.9. The highest BCUT2D eigenvalue weighted by atomic mass is 32.2. The SMILES string of the molecule is CSC1CC2CCC(C1)N2C(=O)CCc1c(C)noc1C. The second kappa shape index (κ2) is 6.03. The number of aromatic nitrogens is 1. The van der Waals surface area contributed by atoms with Crippen molar-refractivity contribution in [1.29, 1.82) is 0 Å². The Morgan fingerprint density at radius 1 is 1.33 bits per heavy atom. The number of hydrogen-bond donors (Lipinski definition) is 0. The molecular weight excluding hydrogens is 284 g/mol. The van der Waals surface area contributed by atoms with Gasteiger partial charge in [0.2, 0.25) is 5.91 Å². The van der Waals surface area contributed by atoms with E-state index in [1.54, 1.807) is 0 Å². The molecule has 0 radical (unpaired) electrons. The Balaban J connectivity index is 1.62. The Labute approximate surface area is 130 Å². The van der Waals surface area contributed by atoms with Crippen molar-refractivity contribution >= 4 is 17.7 Å². The molecule has 21 heavy (non-hydrogen) atoms. The molecule has 0 spiro atoms. The quantitative estimate of drug-likeness (QED) is 0.857. The van der Waals surface area contributed by atoms with Crippen molar-refractivity contribution in [3.05, 3.63) is 17.0 Å². The average Bonchev–Trinajstić information content (AvgIpc) is 2.93. The minimum atomic E-state index is 0.321. The fourth-order valence-corrected chi connectivity index (χ4v) is 4.78. The minimum absolute atomic E-state index is 0.321. The first-order chi connectivity index (χ1) is 10.1. The van der Waals surface area contributed by atoms with Gasteiger partial charge < -0.3 is 9.42 Å². The average molecular weight is 308 g/mol. The molecule has 0 aromatic carbocycles. The first-order valence-corrected chi connectivity index (χ1v) is 9.14. The number of amides is 1. The molecule has 116 valence electrons. The summed E-state index contributed by atoms with van der Waals surface area (Å²) in [6.07, 6.45) is 8.27. The van der Waals surface area contributed by atoms with E-state index in [1.807, 2.05) is 25.6 Å². The summed E-state index contributed by atoms with van der Waals surface area (Å²) in [5.74, 6) is 1.17. The summed E-state index contributed by atoms with van der Waals surface area (Å²) in [6.45, 7) is 3.87. The van der Waals surface area contributed by atoms with Crippen molar-refractivity contribution < 1.29 is 9.32 Å². The first-order valence-electron chi connectivity index (χ1n) is 7.85. The zero-order valence-electron chi connectivity index (χ0n) is 13.1. The van der Waals surface area contributed by atoms with Gasteiger partial charge in [-0.25, -0.2) is 0 Å². The predicted molar refractivity (Wildman–Crippen MR) is 84.5 cm³/mol. The summed E-state index contributed by atoms with van der Waals surface area (Å²) >= 11 is 1.96. The molecule has 5 heteroatoms. The molecule has 2 saturated heterocycles. The number of carbonyl (C=O) groups is 1. The molecule has 1 aromatic heterocycles. The van der Waals surface area contributed by atoms with E-state index in [1.165, 1.54) is 25.7 Å². The molecule has 2 bridgehead atoms. The summed E-state index contributed by atoms with van der Waals surface area (Å²) < 4.78 is 5.18. The van der Waals surface area contributed by atoms with Gasteiger partial charge in [0.05, 0.1) is 5.69 Å². The third-order valence-electron chi connectivity index (χ3n) is 5.08. The van der Waals surface area contributed by atoms with Gasteiger partial charge in [-0.1, -0.05) is 5.16 Å². The van der Waals surface area contributed by atoms with Crippen molar-refractivity contribution in [1.82, 2.24) is 10.1 Å². The molecule has 2 aliphatic heterocycles. The van der Waals surface area contributed by atoms with Crippen LogP contribution in [0.2, 0.25) is 0 Å². The maximum Gasteiger partial charge on any atom is 0.223 e. The van der Waals surface area contributed by atoms with E-state index >= 15 is 0 Å². The Bertz CT molecular complexity index is 495. The fourth-order valence-electron chi connectivity index (χ4n) is 3.95. The van der Waals surface area contributed by atoms with E-state index in [0.29, 0.717) is 24.4 Å². The lowest BCUT2D eigenvalue weighted by atomic mass is 10.0. The van der Waals surface area contributed by atoms with Crippen molar-refractivity contribution in [3.8, 4) is 0 Å². The van der Waals surface area contributed by atoms with Gasteiger partial charge in [-0.05, 0) is 52.2 Å². The van der Waals surface area contributed by atoms with Crippen LogP contribution < -0.4 is 0 Å². The molecule has 3 heterocycles. The van der Waals surface area contributed by atoms with Crippen molar-refractivity contribution in [2.24, 2.45) is 0 Å². The molecule has 1 amide bonds. The highest BCUT2D eigenvalue weighted by Crippen LogP contribution is 2.40. The molecule has 2 atom stereocenters. The van der Waals surface area contributed by atoms with Crippen molar-refractivity contribution in [2.45, 2.75) is 69.7 Å². The minimum Gasteiger partial charge on any atom is -0.361 e. The van der Waals surface area contributed by atoms with Crippen LogP contribution in [0.3, 0.4) is 0 Å². The number of rotatable bonds is 4. The maximum absolute atomic E-state index is 12.6. The van der Waals surface area contributed by atoms with Gasteiger partial charge in [0.25, 0.3) is 0 Å². The lowest BCUT2D eigenvalue weighted by Gasteiger charge is -2.38. The van der Waals surface area contributed by atoms with Crippen LogP contribution >= 0.6 is 11.8 Å². The lowest BCUT2D eigenvalue weighted by Crippen LogP contribution is -2.47. The number of carbonyl (C=O) groups excluding carboxylic acids is 1. The fraction of sp³-hybridized carbons (Fsp3) is 0.750. The summed E-state index contributed by atoms with van der Waals surface area (Å²) in [7, 11) is 0. The Kier molecular flexibility index (Phi) is 4.29. The van der Waals surface area contributed by atoms with Gasteiger partial charge in [0, 0.05) is 29.3 Å². The van der Waals surface area contributed by atoms with Gasteiger partial charge in [-0.2, -0.15) is 11.8 Å². The number of nitrogens with zero attached hydrogens (tertiary/aromatic N) is 2. The highest BCUT2D eigenvalue weighted by molar-refractivity contribution is 7.99. The van der Waals surface area contributed by atoms with Gasteiger partial charge in [-0.3, -0.25) is 4.79 Å². The summed E-state index contributed by atoms with van der Waals surface area (Å²) in [5, 5.41) is 4.71. The zero-order chi connectivity index (χ0) is 15.0. The van der Waals surface area contributed by atoms with Crippen LogP contribution in [0, 0.1) is 13.8 Å². The smallest absolute Gasteiger partial charge is 0.223 e. The molecule has 0 saturated carbocycles. The number of aryl methyl sites for hydroxylation is 2. The Morgan fingerprint density at radius 3 is 2.52 bits per heavy atom. The molecule has 0 aliphatic carbocycles. The van der Waals surface area contributed by atoms with Crippen LogP contribution in [0.25, 0.3) is 0 Å². The topological polar surface area (TPSA) is 46.3 Å².